The topological polar surface area (TPSA) is 94.2 Å². The lowest BCUT2D eigenvalue weighted by Crippen LogP contribution is -2.30. The molecule has 0 radical (unpaired) electrons. The molecule has 2 rings (SSSR count). The molecule has 0 atom stereocenters. The highest BCUT2D eigenvalue weighted by atomic mass is 32.2. The minimum Gasteiger partial charge on any atom is -0.459 e. The van der Waals surface area contributed by atoms with Crippen LogP contribution in [-0.2, 0) is 16.6 Å². The summed E-state index contributed by atoms with van der Waals surface area (Å²) in [5, 5.41) is -0.196. The number of sulfonamides is 1. The number of nitrogens with one attached hydrogen (secondary N) is 1. The number of furan rings is 1. The first-order chi connectivity index (χ1) is 9.38. The fourth-order valence-corrected chi connectivity index (χ4v) is 2.54. The smallest absolute Gasteiger partial charge is 0.300 e. The Labute approximate surface area is 116 Å². The molecule has 0 aliphatic rings. The van der Waals surface area contributed by atoms with E-state index in [9.17, 15) is 13.2 Å². The Hall–Kier alpha value is -2.09. The molecule has 0 spiro atoms. The van der Waals surface area contributed by atoms with Gasteiger partial charge in [0.2, 0.25) is 0 Å². The molecule has 0 aromatic carbocycles. The lowest BCUT2D eigenvalue weighted by Gasteiger charge is -2.04. The Morgan fingerprint density at radius 3 is 2.85 bits per heavy atom. The number of aromatic nitrogens is 2. The molecule has 2 aromatic heterocycles. The minimum atomic E-state index is -3.99. The molecule has 2 heterocycles. The van der Waals surface area contributed by atoms with E-state index in [-0.39, 0.29) is 10.8 Å². The summed E-state index contributed by atoms with van der Waals surface area (Å²) >= 11 is 0. The van der Waals surface area contributed by atoms with E-state index >= 15 is 0 Å². The van der Waals surface area contributed by atoms with E-state index in [0.717, 1.165) is 0 Å². The lowest BCUT2D eigenvalue weighted by molar-refractivity contribution is 0.0954. The van der Waals surface area contributed by atoms with Gasteiger partial charge in [0.1, 0.15) is 0 Å². The lowest BCUT2D eigenvalue weighted by atomic mass is 10.2. The highest BCUT2D eigenvalue weighted by Crippen LogP contribution is 2.09. The van der Waals surface area contributed by atoms with Crippen molar-refractivity contribution in [2.75, 3.05) is 0 Å². The average molecular weight is 297 g/mol. The van der Waals surface area contributed by atoms with Gasteiger partial charge < -0.3 is 8.98 Å². The van der Waals surface area contributed by atoms with Crippen LogP contribution in [0.1, 0.15) is 24.4 Å². The Balaban J connectivity index is 2.14. The van der Waals surface area contributed by atoms with Crippen molar-refractivity contribution in [3.05, 3.63) is 36.7 Å². The summed E-state index contributed by atoms with van der Waals surface area (Å²) in [5.74, 6) is -0.541. The highest BCUT2D eigenvalue weighted by Gasteiger charge is 2.22. The summed E-state index contributed by atoms with van der Waals surface area (Å²) in [6, 6.07) is 2.88. The monoisotopic (exact) mass is 297 g/mol. The fraction of sp³-hybridized carbons (Fsp3) is 0.333. The first kappa shape index (κ1) is 14.3. The van der Waals surface area contributed by atoms with Crippen LogP contribution in [0.5, 0.6) is 0 Å². The average Bonchev–Trinajstić information content (AvgIpc) is 2.97. The zero-order valence-corrected chi connectivity index (χ0v) is 11.9. The molecule has 108 valence electrons. The van der Waals surface area contributed by atoms with Crippen molar-refractivity contribution in [2.24, 2.45) is 5.92 Å². The molecule has 0 saturated carbocycles. The molecule has 0 fully saturated rings. The van der Waals surface area contributed by atoms with E-state index in [1.54, 1.807) is 4.57 Å². The van der Waals surface area contributed by atoms with E-state index in [1.807, 2.05) is 18.6 Å². The maximum absolute atomic E-state index is 12.0. The van der Waals surface area contributed by atoms with Gasteiger partial charge in [-0.25, -0.2) is 9.71 Å². The van der Waals surface area contributed by atoms with E-state index < -0.39 is 15.9 Å². The zero-order valence-electron chi connectivity index (χ0n) is 11.1. The van der Waals surface area contributed by atoms with Gasteiger partial charge >= 0.3 is 5.91 Å². The second-order valence-corrected chi connectivity index (χ2v) is 6.34. The second kappa shape index (κ2) is 5.49. The summed E-state index contributed by atoms with van der Waals surface area (Å²) in [6.07, 6.45) is 4.10. The molecule has 1 amide bonds. The van der Waals surface area contributed by atoms with E-state index in [1.165, 1.54) is 30.9 Å². The largest absolute Gasteiger partial charge is 0.459 e. The van der Waals surface area contributed by atoms with Gasteiger partial charge in [-0.05, 0) is 18.1 Å². The predicted molar refractivity (Wildman–Crippen MR) is 70.4 cm³/mol. The van der Waals surface area contributed by atoms with Gasteiger partial charge in [0, 0.05) is 12.7 Å². The van der Waals surface area contributed by atoms with Crippen LogP contribution < -0.4 is 4.72 Å². The van der Waals surface area contributed by atoms with Crippen LogP contribution in [-0.4, -0.2) is 23.9 Å². The highest BCUT2D eigenvalue weighted by molar-refractivity contribution is 7.90. The molecule has 0 saturated heterocycles. The van der Waals surface area contributed by atoms with Crippen LogP contribution in [0, 0.1) is 5.92 Å². The summed E-state index contributed by atoms with van der Waals surface area (Å²) < 4.78 is 32.4. The van der Waals surface area contributed by atoms with Gasteiger partial charge in [-0.3, -0.25) is 4.79 Å². The zero-order chi connectivity index (χ0) is 14.8. The Kier molecular flexibility index (Phi) is 3.93. The molecule has 8 heteroatoms. The van der Waals surface area contributed by atoms with Crippen LogP contribution in [0.4, 0.5) is 0 Å². The molecule has 0 aliphatic carbocycles. The third-order valence-corrected chi connectivity index (χ3v) is 3.65. The molecule has 0 unspecified atom stereocenters. The first-order valence-electron chi connectivity index (χ1n) is 6.01. The number of carbonyl (C=O) groups excluding carboxylic acids is 1. The van der Waals surface area contributed by atoms with Crippen molar-refractivity contribution in [3.63, 3.8) is 0 Å². The van der Waals surface area contributed by atoms with Gasteiger partial charge in [0.05, 0.1) is 12.6 Å². The quantitative estimate of drug-likeness (QED) is 0.896. The molecule has 0 aliphatic heterocycles. The fourth-order valence-electron chi connectivity index (χ4n) is 1.63. The van der Waals surface area contributed by atoms with Crippen LogP contribution in [0.25, 0.3) is 0 Å². The molecular formula is C12H15N3O4S. The number of rotatable bonds is 5. The van der Waals surface area contributed by atoms with Gasteiger partial charge in [0.15, 0.2) is 10.8 Å². The Morgan fingerprint density at radius 2 is 2.25 bits per heavy atom. The summed E-state index contributed by atoms with van der Waals surface area (Å²) in [4.78, 5) is 15.5. The Morgan fingerprint density at radius 1 is 1.50 bits per heavy atom. The SMILES string of the molecule is CC(C)Cn1cnc(S(=O)(=O)NC(=O)c2ccco2)c1. The number of amides is 1. The first-order valence-corrected chi connectivity index (χ1v) is 7.49. The van der Waals surface area contributed by atoms with Crippen molar-refractivity contribution in [1.82, 2.24) is 14.3 Å². The number of hydrogen-bond donors (Lipinski definition) is 1. The van der Waals surface area contributed by atoms with Crippen molar-refractivity contribution < 1.29 is 17.6 Å². The van der Waals surface area contributed by atoms with Crippen molar-refractivity contribution >= 4 is 15.9 Å². The maximum atomic E-state index is 12.0. The molecule has 2 aromatic rings. The summed E-state index contributed by atoms with van der Waals surface area (Å²) in [5.41, 5.74) is 0. The number of carbonyl (C=O) groups is 1. The summed E-state index contributed by atoms with van der Waals surface area (Å²) in [6.45, 7) is 4.66. The number of imidazole rings is 1. The predicted octanol–water partition coefficient (Wildman–Crippen LogP) is 1.25. The van der Waals surface area contributed by atoms with E-state index in [0.29, 0.717) is 12.5 Å². The molecule has 1 N–H and O–H groups in total. The van der Waals surface area contributed by atoms with Crippen LogP contribution >= 0.6 is 0 Å². The summed E-state index contributed by atoms with van der Waals surface area (Å²) in [7, 11) is -3.99. The van der Waals surface area contributed by atoms with E-state index in [4.69, 9.17) is 4.42 Å². The molecule has 7 nitrogen and oxygen atoms in total. The maximum Gasteiger partial charge on any atom is 0.300 e. The van der Waals surface area contributed by atoms with Gasteiger partial charge in [-0.15, -0.1) is 0 Å². The van der Waals surface area contributed by atoms with Crippen molar-refractivity contribution in [2.45, 2.75) is 25.4 Å². The third kappa shape index (κ3) is 3.27. The molecule has 20 heavy (non-hydrogen) atoms. The van der Waals surface area contributed by atoms with Gasteiger partial charge in [0.25, 0.3) is 10.0 Å². The standard InChI is InChI=1S/C12H15N3O4S/c1-9(2)6-15-7-11(13-8-15)20(17,18)14-12(16)10-4-3-5-19-10/h3-5,7-9H,6H2,1-2H3,(H,14,16). The van der Waals surface area contributed by atoms with Crippen molar-refractivity contribution in [1.29, 1.82) is 0 Å². The molecular weight excluding hydrogens is 282 g/mol. The number of hydrogen-bond acceptors (Lipinski definition) is 5. The van der Waals surface area contributed by atoms with Crippen LogP contribution in [0.3, 0.4) is 0 Å². The number of nitrogens with zero attached hydrogens (tertiary/aromatic N) is 2. The van der Waals surface area contributed by atoms with Crippen LogP contribution in [0.15, 0.2) is 40.4 Å². The van der Waals surface area contributed by atoms with Crippen LogP contribution in [0.2, 0.25) is 0 Å². The van der Waals surface area contributed by atoms with Gasteiger partial charge in [-0.1, -0.05) is 13.8 Å². The van der Waals surface area contributed by atoms with Crippen molar-refractivity contribution in [3.8, 4) is 0 Å². The second-order valence-electron chi connectivity index (χ2n) is 4.71. The third-order valence-electron chi connectivity index (χ3n) is 2.43. The minimum absolute atomic E-state index is 0.0739. The molecule has 0 bridgehead atoms. The Bertz CT molecular complexity index is 686. The van der Waals surface area contributed by atoms with E-state index in [2.05, 4.69) is 4.98 Å². The normalized spacial score (nSPS) is 11.8. The van der Waals surface area contributed by atoms with Gasteiger partial charge in [-0.2, -0.15) is 8.42 Å².